The molecule has 100 valence electrons. The summed E-state index contributed by atoms with van der Waals surface area (Å²) in [5, 5.41) is 15.6. The molecule has 0 radical (unpaired) electrons. The van der Waals surface area contributed by atoms with E-state index in [0.29, 0.717) is 17.0 Å². The number of benzene rings is 1. The molecule has 4 nitrogen and oxygen atoms in total. The topological polar surface area (TPSA) is 83.0 Å². The lowest BCUT2D eigenvalue weighted by Gasteiger charge is -2.17. The lowest BCUT2D eigenvalue weighted by Crippen LogP contribution is -2.17. The number of rotatable bonds is 6. The van der Waals surface area contributed by atoms with Gasteiger partial charge >= 0.3 is 0 Å². The predicted molar refractivity (Wildman–Crippen MR) is 78.5 cm³/mol. The Morgan fingerprint density at radius 3 is 2.68 bits per heavy atom. The molecule has 0 aliphatic heterocycles. The van der Waals surface area contributed by atoms with Gasteiger partial charge in [-0.2, -0.15) is 0 Å². The first-order valence-electron chi connectivity index (χ1n) is 6.40. The zero-order chi connectivity index (χ0) is 14.0. The number of nitrogens with one attached hydrogen (secondary N) is 2. The van der Waals surface area contributed by atoms with Crippen LogP contribution in [0.15, 0.2) is 30.9 Å². The second-order valence-electron chi connectivity index (χ2n) is 4.88. The van der Waals surface area contributed by atoms with Gasteiger partial charge in [0, 0.05) is 11.3 Å². The van der Waals surface area contributed by atoms with Crippen molar-refractivity contribution in [3.63, 3.8) is 0 Å². The van der Waals surface area contributed by atoms with E-state index in [1.54, 1.807) is 12.1 Å². The van der Waals surface area contributed by atoms with Gasteiger partial charge in [-0.05, 0) is 43.5 Å². The number of nitrogens with two attached hydrogens (primary N) is 1. The normalized spacial score (nSPS) is 15.6. The monoisotopic (exact) mass is 257 g/mol. The summed E-state index contributed by atoms with van der Waals surface area (Å²) < 4.78 is 5.97. The van der Waals surface area contributed by atoms with Crippen LogP contribution < -0.4 is 10.5 Å². The van der Waals surface area contributed by atoms with Gasteiger partial charge in [-0.1, -0.05) is 13.5 Å². The van der Waals surface area contributed by atoms with Gasteiger partial charge in [-0.25, -0.2) is 0 Å². The third kappa shape index (κ3) is 2.67. The summed E-state index contributed by atoms with van der Waals surface area (Å²) in [6, 6.07) is 5.28. The Hall–Kier alpha value is -2.10. The third-order valence-corrected chi connectivity index (χ3v) is 3.55. The number of hydrogen-bond donors (Lipinski definition) is 3. The summed E-state index contributed by atoms with van der Waals surface area (Å²) >= 11 is 0. The molecule has 2 rings (SSSR count). The summed E-state index contributed by atoms with van der Waals surface area (Å²) in [5.41, 5.74) is 6.97. The van der Waals surface area contributed by atoms with E-state index in [1.165, 1.54) is 6.08 Å². The van der Waals surface area contributed by atoms with Crippen LogP contribution in [0, 0.1) is 10.8 Å². The molecule has 0 amide bonds. The Morgan fingerprint density at radius 2 is 2.16 bits per heavy atom. The van der Waals surface area contributed by atoms with Crippen LogP contribution in [0.4, 0.5) is 5.69 Å². The molecule has 0 atom stereocenters. The van der Waals surface area contributed by atoms with Gasteiger partial charge in [0.05, 0.1) is 11.4 Å². The van der Waals surface area contributed by atoms with Crippen LogP contribution >= 0.6 is 0 Å². The Morgan fingerprint density at radius 1 is 1.47 bits per heavy atom. The number of allylic oxidation sites excluding steroid dienone is 1. The van der Waals surface area contributed by atoms with E-state index in [9.17, 15) is 0 Å². The highest BCUT2D eigenvalue weighted by atomic mass is 16.5. The van der Waals surface area contributed by atoms with Crippen LogP contribution in [-0.2, 0) is 0 Å². The van der Waals surface area contributed by atoms with Crippen LogP contribution in [0.2, 0.25) is 0 Å². The second-order valence-corrected chi connectivity index (χ2v) is 4.88. The fourth-order valence-corrected chi connectivity index (χ4v) is 1.98. The molecule has 19 heavy (non-hydrogen) atoms. The highest BCUT2D eigenvalue weighted by Gasteiger charge is 2.43. The standard InChI is InChI=1S/C15H19N3O/c1-3-12(16)14(18)11-9-10(5-6-13(11)17)19-15(4-2)7-8-15/h3,5-6,9,16,18H,1,4,7-8,17H2,2H3. The van der Waals surface area contributed by atoms with Gasteiger partial charge in [0.2, 0.25) is 0 Å². The highest BCUT2D eigenvalue weighted by Crippen LogP contribution is 2.43. The average Bonchev–Trinajstić information content (AvgIpc) is 3.19. The number of ether oxygens (including phenoxy) is 1. The molecule has 0 bridgehead atoms. The van der Waals surface area contributed by atoms with Crippen molar-refractivity contribution in [1.82, 2.24) is 0 Å². The van der Waals surface area contributed by atoms with E-state index in [-0.39, 0.29) is 17.0 Å². The molecule has 0 saturated heterocycles. The van der Waals surface area contributed by atoms with Crippen molar-refractivity contribution in [3.8, 4) is 5.75 Å². The van der Waals surface area contributed by atoms with Gasteiger partial charge < -0.3 is 10.5 Å². The lowest BCUT2D eigenvalue weighted by molar-refractivity contribution is 0.174. The third-order valence-electron chi connectivity index (χ3n) is 3.55. The van der Waals surface area contributed by atoms with E-state index in [4.69, 9.17) is 21.3 Å². The van der Waals surface area contributed by atoms with E-state index in [1.807, 2.05) is 6.07 Å². The molecular formula is C15H19N3O. The molecule has 4 N–H and O–H groups in total. The zero-order valence-corrected chi connectivity index (χ0v) is 11.1. The van der Waals surface area contributed by atoms with E-state index >= 15 is 0 Å². The van der Waals surface area contributed by atoms with Crippen LogP contribution in [-0.4, -0.2) is 17.0 Å². The molecule has 1 aliphatic rings. The molecule has 1 aromatic rings. The molecule has 0 heterocycles. The van der Waals surface area contributed by atoms with Gasteiger partial charge in [0.15, 0.2) is 0 Å². The molecule has 1 aliphatic carbocycles. The minimum Gasteiger partial charge on any atom is -0.487 e. The summed E-state index contributed by atoms with van der Waals surface area (Å²) in [4.78, 5) is 0. The minimum absolute atomic E-state index is 0.0263. The maximum Gasteiger partial charge on any atom is 0.120 e. The zero-order valence-electron chi connectivity index (χ0n) is 11.1. The first-order valence-corrected chi connectivity index (χ1v) is 6.40. The number of nitrogen functional groups attached to an aromatic ring is 1. The van der Waals surface area contributed by atoms with Gasteiger partial charge in [-0.3, -0.25) is 10.8 Å². The lowest BCUT2D eigenvalue weighted by atomic mass is 10.0. The molecule has 1 saturated carbocycles. The fourth-order valence-electron chi connectivity index (χ4n) is 1.98. The van der Waals surface area contributed by atoms with Crippen molar-refractivity contribution in [3.05, 3.63) is 36.4 Å². The Kier molecular flexibility index (Phi) is 3.42. The van der Waals surface area contributed by atoms with Gasteiger partial charge in [0.1, 0.15) is 11.4 Å². The number of anilines is 1. The molecular weight excluding hydrogens is 238 g/mol. The van der Waals surface area contributed by atoms with Crippen molar-refractivity contribution >= 4 is 17.1 Å². The minimum atomic E-state index is -0.0263. The van der Waals surface area contributed by atoms with Crippen molar-refractivity contribution in [2.24, 2.45) is 0 Å². The van der Waals surface area contributed by atoms with Crippen LogP contribution in [0.3, 0.4) is 0 Å². The summed E-state index contributed by atoms with van der Waals surface area (Å²) in [6.45, 7) is 5.62. The highest BCUT2D eigenvalue weighted by molar-refractivity contribution is 6.50. The quantitative estimate of drug-likeness (QED) is 0.540. The van der Waals surface area contributed by atoms with Gasteiger partial charge in [-0.15, -0.1) is 0 Å². The van der Waals surface area contributed by atoms with Gasteiger partial charge in [0.25, 0.3) is 0 Å². The number of hydrogen-bond acceptors (Lipinski definition) is 4. The maximum absolute atomic E-state index is 7.93. The fraction of sp³-hybridized carbons (Fsp3) is 0.333. The Balaban J connectivity index is 2.27. The Bertz CT molecular complexity index is 544. The van der Waals surface area contributed by atoms with Crippen LogP contribution in [0.1, 0.15) is 31.7 Å². The molecule has 1 fully saturated rings. The summed E-state index contributed by atoms with van der Waals surface area (Å²) in [5.74, 6) is 0.713. The SMILES string of the molecule is C=CC(=N)C(=N)c1cc(OC2(CC)CC2)ccc1N. The largest absolute Gasteiger partial charge is 0.487 e. The second kappa shape index (κ2) is 4.88. The first-order chi connectivity index (χ1) is 9.01. The summed E-state index contributed by atoms with van der Waals surface area (Å²) in [6.07, 6.45) is 4.46. The smallest absolute Gasteiger partial charge is 0.120 e. The van der Waals surface area contributed by atoms with Crippen molar-refractivity contribution in [2.75, 3.05) is 5.73 Å². The van der Waals surface area contributed by atoms with E-state index < -0.39 is 0 Å². The molecule has 4 heteroatoms. The van der Waals surface area contributed by atoms with Crippen molar-refractivity contribution in [1.29, 1.82) is 10.8 Å². The average molecular weight is 257 g/mol. The van der Waals surface area contributed by atoms with Crippen molar-refractivity contribution in [2.45, 2.75) is 31.8 Å². The van der Waals surface area contributed by atoms with Crippen LogP contribution in [0.5, 0.6) is 5.75 Å². The van der Waals surface area contributed by atoms with Crippen LogP contribution in [0.25, 0.3) is 0 Å². The first kappa shape index (κ1) is 13.3. The molecule has 0 spiro atoms. The molecule has 1 aromatic carbocycles. The molecule has 0 aromatic heterocycles. The van der Waals surface area contributed by atoms with Crippen molar-refractivity contribution < 1.29 is 4.74 Å². The maximum atomic E-state index is 7.93. The predicted octanol–water partition coefficient (Wildman–Crippen LogP) is 3.16. The van der Waals surface area contributed by atoms with E-state index in [0.717, 1.165) is 19.3 Å². The molecule has 0 unspecified atom stereocenters. The van der Waals surface area contributed by atoms with E-state index in [2.05, 4.69) is 13.5 Å². The summed E-state index contributed by atoms with van der Waals surface area (Å²) in [7, 11) is 0. The Labute approximate surface area is 113 Å².